The van der Waals surface area contributed by atoms with Crippen molar-refractivity contribution in [1.29, 1.82) is 0 Å². The first-order chi connectivity index (χ1) is 3.72. The van der Waals surface area contributed by atoms with Gasteiger partial charge in [0.15, 0.2) is 0 Å². The molecule has 1 aromatic heterocycles. The van der Waals surface area contributed by atoms with E-state index in [-0.39, 0.29) is 0 Å². The molecule has 0 aliphatic rings. The first-order valence-corrected chi connectivity index (χ1v) is 3.81. The SMILES string of the molecule is Cc1scc(Br)c1O. The molecular formula is C5H5BrOS. The van der Waals surface area contributed by atoms with Gasteiger partial charge < -0.3 is 5.11 Å². The van der Waals surface area contributed by atoms with E-state index >= 15 is 0 Å². The Hall–Kier alpha value is -0.0200. The minimum Gasteiger partial charge on any atom is -0.506 e. The summed E-state index contributed by atoms with van der Waals surface area (Å²) in [6.45, 7) is 1.88. The van der Waals surface area contributed by atoms with Crippen LogP contribution < -0.4 is 0 Å². The van der Waals surface area contributed by atoms with E-state index in [4.69, 9.17) is 5.11 Å². The van der Waals surface area contributed by atoms with Gasteiger partial charge >= 0.3 is 0 Å². The Morgan fingerprint density at radius 1 is 1.75 bits per heavy atom. The minimum atomic E-state index is 0.370. The maximum Gasteiger partial charge on any atom is 0.143 e. The number of aromatic hydroxyl groups is 1. The summed E-state index contributed by atoms with van der Waals surface area (Å²) in [5, 5.41) is 10.9. The topological polar surface area (TPSA) is 20.2 Å². The monoisotopic (exact) mass is 192 g/mol. The predicted molar refractivity (Wildman–Crippen MR) is 38.4 cm³/mol. The van der Waals surface area contributed by atoms with Gasteiger partial charge in [0.25, 0.3) is 0 Å². The van der Waals surface area contributed by atoms with E-state index in [2.05, 4.69) is 15.9 Å². The number of aryl methyl sites for hydroxylation is 1. The summed E-state index contributed by atoms with van der Waals surface area (Å²) in [6, 6.07) is 0. The molecule has 3 heteroatoms. The van der Waals surface area contributed by atoms with Crippen LogP contribution in [0.1, 0.15) is 4.88 Å². The van der Waals surface area contributed by atoms with E-state index in [1.165, 1.54) is 11.3 Å². The highest BCUT2D eigenvalue weighted by Gasteiger charge is 2.00. The fourth-order valence-electron chi connectivity index (χ4n) is 0.420. The normalized spacial score (nSPS) is 9.75. The summed E-state index contributed by atoms with van der Waals surface area (Å²) in [6.07, 6.45) is 0. The molecule has 1 N–H and O–H groups in total. The highest BCUT2D eigenvalue weighted by Crippen LogP contribution is 2.32. The lowest BCUT2D eigenvalue weighted by molar-refractivity contribution is 0.471. The quantitative estimate of drug-likeness (QED) is 0.671. The molecule has 0 fully saturated rings. The standard InChI is InChI=1S/C5H5BrOS/c1-3-5(7)4(6)2-8-3/h2,7H,1H3. The summed E-state index contributed by atoms with van der Waals surface area (Å²) >= 11 is 4.71. The molecule has 0 atom stereocenters. The molecule has 44 valence electrons. The summed E-state index contributed by atoms with van der Waals surface area (Å²) in [5.74, 6) is 0.370. The van der Waals surface area contributed by atoms with Crippen LogP contribution in [0.3, 0.4) is 0 Å². The van der Waals surface area contributed by atoms with Gasteiger partial charge in [-0.2, -0.15) is 0 Å². The molecule has 1 rings (SSSR count). The van der Waals surface area contributed by atoms with Crippen molar-refractivity contribution < 1.29 is 5.11 Å². The Kier molecular flexibility index (Phi) is 1.58. The van der Waals surface area contributed by atoms with Crippen LogP contribution in [0, 0.1) is 6.92 Å². The molecule has 0 amide bonds. The fraction of sp³-hybridized carbons (Fsp3) is 0.200. The first kappa shape index (κ1) is 6.11. The van der Waals surface area contributed by atoms with Crippen molar-refractivity contribution in [1.82, 2.24) is 0 Å². The van der Waals surface area contributed by atoms with Gasteiger partial charge in [0.05, 0.1) is 4.47 Å². The molecule has 0 saturated carbocycles. The lowest BCUT2D eigenvalue weighted by Gasteiger charge is -1.84. The number of rotatable bonds is 0. The maximum atomic E-state index is 9.01. The molecule has 1 nitrogen and oxygen atoms in total. The molecule has 0 spiro atoms. The maximum absolute atomic E-state index is 9.01. The molecule has 0 aliphatic carbocycles. The van der Waals surface area contributed by atoms with Gasteiger partial charge in [-0.15, -0.1) is 11.3 Å². The molecule has 1 aromatic rings. The Morgan fingerprint density at radius 3 is 2.50 bits per heavy atom. The van der Waals surface area contributed by atoms with Gasteiger partial charge in [0.1, 0.15) is 5.75 Å². The van der Waals surface area contributed by atoms with Crippen molar-refractivity contribution >= 4 is 27.3 Å². The number of hydrogen-bond acceptors (Lipinski definition) is 2. The third-order valence-corrected chi connectivity index (χ3v) is 2.71. The number of thiophene rings is 1. The smallest absolute Gasteiger partial charge is 0.143 e. The van der Waals surface area contributed by atoms with Crippen molar-refractivity contribution in [2.75, 3.05) is 0 Å². The average molecular weight is 193 g/mol. The third kappa shape index (κ3) is 0.880. The molecule has 8 heavy (non-hydrogen) atoms. The molecular weight excluding hydrogens is 188 g/mol. The second kappa shape index (κ2) is 2.07. The van der Waals surface area contributed by atoms with Crippen LogP contribution in [-0.4, -0.2) is 5.11 Å². The second-order valence-corrected chi connectivity index (χ2v) is 3.43. The number of halogens is 1. The third-order valence-electron chi connectivity index (χ3n) is 0.899. The Balaban J connectivity index is 3.19. The zero-order valence-electron chi connectivity index (χ0n) is 4.31. The zero-order chi connectivity index (χ0) is 6.15. The molecule has 0 radical (unpaired) electrons. The zero-order valence-corrected chi connectivity index (χ0v) is 6.71. The molecule has 1 heterocycles. The van der Waals surface area contributed by atoms with Crippen LogP contribution in [0.15, 0.2) is 9.85 Å². The van der Waals surface area contributed by atoms with E-state index in [0.29, 0.717) is 5.75 Å². The lowest BCUT2D eigenvalue weighted by Crippen LogP contribution is -1.58. The predicted octanol–water partition coefficient (Wildman–Crippen LogP) is 2.52. The van der Waals surface area contributed by atoms with Gasteiger partial charge in [-0.3, -0.25) is 0 Å². The van der Waals surface area contributed by atoms with Gasteiger partial charge in [-0.05, 0) is 22.9 Å². The van der Waals surface area contributed by atoms with Crippen molar-refractivity contribution in [3.63, 3.8) is 0 Å². The van der Waals surface area contributed by atoms with Crippen molar-refractivity contribution in [3.8, 4) is 5.75 Å². The Labute approximate surface area is 60.1 Å². The van der Waals surface area contributed by atoms with Crippen LogP contribution in [0.5, 0.6) is 5.75 Å². The largest absolute Gasteiger partial charge is 0.506 e. The van der Waals surface area contributed by atoms with Crippen molar-refractivity contribution in [2.45, 2.75) is 6.92 Å². The molecule has 0 saturated heterocycles. The average Bonchev–Trinajstić information content (AvgIpc) is 1.98. The Morgan fingerprint density at radius 2 is 2.38 bits per heavy atom. The van der Waals surface area contributed by atoms with Crippen LogP contribution >= 0.6 is 27.3 Å². The minimum absolute atomic E-state index is 0.370. The van der Waals surface area contributed by atoms with Crippen molar-refractivity contribution in [2.24, 2.45) is 0 Å². The summed E-state index contributed by atoms with van der Waals surface area (Å²) < 4.78 is 0.792. The van der Waals surface area contributed by atoms with Gasteiger partial charge in [-0.25, -0.2) is 0 Å². The van der Waals surface area contributed by atoms with Crippen LogP contribution in [-0.2, 0) is 0 Å². The van der Waals surface area contributed by atoms with Crippen LogP contribution in [0.4, 0.5) is 0 Å². The van der Waals surface area contributed by atoms with Crippen LogP contribution in [0.2, 0.25) is 0 Å². The van der Waals surface area contributed by atoms with E-state index < -0.39 is 0 Å². The highest BCUT2D eigenvalue weighted by atomic mass is 79.9. The van der Waals surface area contributed by atoms with Gasteiger partial charge in [0.2, 0.25) is 0 Å². The lowest BCUT2D eigenvalue weighted by atomic mass is 10.5. The van der Waals surface area contributed by atoms with Gasteiger partial charge in [-0.1, -0.05) is 0 Å². The van der Waals surface area contributed by atoms with Gasteiger partial charge in [0, 0.05) is 10.3 Å². The fourth-order valence-corrected chi connectivity index (χ4v) is 1.74. The summed E-state index contributed by atoms with van der Waals surface area (Å²) in [7, 11) is 0. The summed E-state index contributed by atoms with van der Waals surface area (Å²) in [4.78, 5) is 0.955. The van der Waals surface area contributed by atoms with E-state index in [9.17, 15) is 0 Å². The molecule has 0 aromatic carbocycles. The Bertz CT molecular complexity index is 175. The van der Waals surface area contributed by atoms with E-state index in [1.54, 1.807) is 0 Å². The van der Waals surface area contributed by atoms with Crippen molar-refractivity contribution in [3.05, 3.63) is 14.7 Å². The number of hydrogen-bond donors (Lipinski definition) is 1. The first-order valence-electron chi connectivity index (χ1n) is 2.14. The van der Waals surface area contributed by atoms with E-state index in [0.717, 1.165) is 9.35 Å². The highest BCUT2D eigenvalue weighted by molar-refractivity contribution is 9.10. The van der Waals surface area contributed by atoms with Crippen LogP contribution in [0.25, 0.3) is 0 Å². The second-order valence-electron chi connectivity index (χ2n) is 1.49. The molecule has 0 aliphatic heterocycles. The van der Waals surface area contributed by atoms with E-state index in [1.807, 2.05) is 12.3 Å². The molecule has 0 unspecified atom stereocenters. The summed E-state index contributed by atoms with van der Waals surface area (Å²) in [5.41, 5.74) is 0. The molecule has 0 bridgehead atoms.